The van der Waals surface area contributed by atoms with E-state index in [1.807, 2.05) is 26.0 Å². The highest BCUT2D eigenvalue weighted by Gasteiger charge is 2.14. The van der Waals surface area contributed by atoms with Crippen LogP contribution < -0.4 is 4.74 Å². The van der Waals surface area contributed by atoms with Crippen LogP contribution in [-0.4, -0.2) is 30.7 Å². The molecule has 1 amide bonds. The van der Waals surface area contributed by atoms with Gasteiger partial charge in [-0.2, -0.15) is 0 Å². The highest BCUT2D eigenvalue weighted by molar-refractivity contribution is 5.96. The Hall–Kier alpha value is -1.84. The molecule has 4 heteroatoms. The fourth-order valence-electron chi connectivity index (χ4n) is 1.85. The number of rotatable bonds is 5. The summed E-state index contributed by atoms with van der Waals surface area (Å²) < 4.78 is 5.34. The van der Waals surface area contributed by atoms with Crippen LogP contribution in [0.1, 0.15) is 30.0 Å². The molecule has 0 spiro atoms. The van der Waals surface area contributed by atoms with E-state index in [4.69, 9.17) is 4.74 Å². The SMILES string of the molecule is COc1cc(C)c(C)cc1CN(C)C(=O)CC(C)=O. The average molecular weight is 263 g/mol. The molecule has 19 heavy (non-hydrogen) atoms. The first kappa shape index (κ1) is 15.2. The van der Waals surface area contributed by atoms with Crippen LogP contribution in [0, 0.1) is 13.8 Å². The maximum Gasteiger partial charge on any atom is 0.230 e. The molecule has 1 aromatic carbocycles. The second kappa shape index (κ2) is 6.36. The van der Waals surface area contributed by atoms with E-state index in [1.54, 1.807) is 19.1 Å². The van der Waals surface area contributed by atoms with Gasteiger partial charge in [0.2, 0.25) is 5.91 Å². The topological polar surface area (TPSA) is 46.6 Å². The standard InChI is InChI=1S/C15H21NO3/c1-10-6-13(14(19-5)7-11(10)2)9-16(4)15(18)8-12(3)17/h6-7H,8-9H2,1-5H3. The van der Waals surface area contributed by atoms with E-state index in [0.717, 1.165) is 22.4 Å². The van der Waals surface area contributed by atoms with E-state index >= 15 is 0 Å². The number of methoxy groups -OCH3 is 1. The summed E-state index contributed by atoms with van der Waals surface area (Å²) in [5, 5.41) is 0. The molecule has 0 saturated heterocycles. The molecule has 0 saturated carbocycles. The fourth-order valence-corrected chi connectivity index (χ4v) is 1.85. The lowest BCUT2D eigenvalue weighted by Crippen LogP contribution is -2.27. The van der Waals surface area contributed by atoms with Crippen LogP contribution in [0.2, 0.25) is 0 Å². The molecule has 0 atom stereocenters. The monoisotopic (exact) mass is 263 g/mol. The van der Waals surface area contributed by atoms with E-state index in [0.29, 0.717) is 6.54 Å². The zero-order valence-electron chi connectivity index (χ0n) is 12.2. The van der Waals surface area contributed by atoms with E-state index < -0.39 is 0 Å². The minimum absolute atomic E-state index is 0.0519. The predicted molar refractivity (Wildman–Crippen MR) is 74.2 cm³/mol. The summed E-state index contributed by atoms with van der Waals surface area (Å²) in [5.74, 6) is 0.474. The molecule has 0 aliphatic rings. The summed E-state index contributed by atoms with van der Waals surface area (Å²) in [5.41, 5.74) is 3.26. The maximum absolute atomic E-state index is 11.8. The highest BCUT2D eigenvalue weighted by atomic mass is 16.5. The molecular formula is C15H21NO3. The quantitative estimate of drug-likeness (QED) is 0.765. The summed E-state index contributed by atoms with van der Waals surface area (Å²) in [7, 11) is 3.31. The summed E-state index contributed by atoms with van der Waals surface area (Å²) >= 11 is 0. The molecule has 0 unspecified atom stereocenters. The van der Waals surface area contributed by atoms with Crippen LogP contribution in [0.4, 0.5) is 0 Å². The number of amides is 1. The maximum atomic E-state index is 11.8. The van der Waals surface area contributed by atoms with Gasteiger partial charge in [-0.3, -0.25) is 9.59 Å². The van der Waals surface area contributed by atoms with Crippen molar-refractivity contribution in [3.05, 3.63) is 28.8 Å². The first-order valence-electron chi connectivity index (χ1n) is 6.22. The van der Waals surface area contributed by atoms with Crippen LogP contribution in [0.25, 0.3) is 0 Å². The Morgan fingerprint density at radius 1 is 1.21 bits per heavy atom. The molecule has 0 N–H and O–H groups in total. The van der Waals surface area contributed by atoms with Crippen LogP contribution in [-0.2, 0) is 16.1 Å². The van der Waals surface area contributed by atoms with E-state index in [9.17, 15) is 9.59 Å². The summed E-state index contributed by atoms with van der Waals surface area (Å²) in [4.78, 5) is 24.3. The minimum atomic E-state index is -0.173. The molecule has 0 radical (unpaired) electrons. The third-order valence-corrected chi connectivity index (χ3v) is 3.13. The molecule has 0 heterocycles. The number of benzene rings is 1. The van der Waals surface area contributed by atoms with Gasteiger partial charge in [0.05, 0.1) is 13.5 Å². The number of ether oxygens (including phenoxy) is 1. The van der Waals surface area contributed by atoms with E-state index in [-0.39, 0.29) is 18.1 Å². The normalized spacial score (nSPS) is 10.2. The largest absolute Gasteiger partial charge is 0.496 e. The van der Waals surface area contributed by atoms with Gasteiger partial charge in [0.25, 0.3) is 0 Å². The Balaban J connectivity index is 2.89. The molecular weight excluding hydrogens is 242 g/mol. The minimum Gasteiger partial charge on any atom is -0.496 e. The highest BCUT2D eigenvalue weighted by Crippen LogP contribution is 2.24. The number of carbonyl (C=O) groups is 2. The van der Waals surface area contributed by atoms with Crippen molar-refractivity contribution >= 4 is 11.7 Å². The lowest BCUT2D eigenvalue weighted by atomic mass is 10.0. The van der Waals surface area contributed by atoms with Gasteiger partial charge in [-0.05, 0) is 38.0 Å². The molecule has 104 valence electrons. The Bertz CT molecular complexity index is 494. The van der Waals surface area contributed by atoms with Gasteiger partial charge in [0, 0.05) is 19.2 Å². The van der Waals surface area contributed by atoms with E-state index in [2.05, 4.69) is 0 Å². The first-order valence-corrected chi connectivity index (χ1v) is 6.22. The number of hydrogen-bond acceptors (Lipinski definition) is 3. The van der Waals surface area contributed by atoms with Gasteiger partial charge in [0.1, 0.15) is 11.5 Å². The Morgan fingerprint density at radius 2 is 1.79 bits per heavy atom. The van der Waals surface area contributed by atoms with Gasteiger partial charge >= 0.3 is 0 Å². The zero-order chi connectivity index (χ0) is 14.6. The van der Waals surface area contributed by atoms with Crippen molar-refractivity contribution in [3.63, 3.8) is 0 Å². The van der Waals surface area contributed by atoms with Gasteiger partial charge in [0.15, 0.2) is 0 Å². The van der Waals surface area contributed by atoms with E-state index in [1.165, 1.54) is 6.92 Å². The van der Waals surface area contributed by atoms with Gasteiger partial charge < -0.3 is 9.64 Å². The molecule has 0 aliphatic carbocycles. The number of aryl methyl sites for hydroxylation is 2. The van der Waals surface area contributed by atoms with Crippen LogP contribution in [0.5, 0.6) is 5.75 Å². The van der Waals surface area contributed by atoms with Gasteiger partial charge in [-0.1, -0.05) is 6.07 Å². The third-order valence-electron chi connectivity index (χ3n) is 3.13. The third kappa shape index (κ3) is 4.09. The Morgan fingerprint density at radius 3 is 2.32 bits per heavy atom. The van der Waals surface area contributed by atoms with Crippen molar-refractivity contribution < 1.29 is 14.3 Å². The van der Waals surface area contributed by atoms with Crippen molar-refractivity contribution in [3.8, 4) is 5.75 Å². The van der Waals surface area contributed by atoms with Gasteiger partial charge in [-0.15, -0.1) is 0 Å². The average Bonchev–Trinajstić information content (AvgIpc) is 2.32. The van der Waals surface area contributed by atoms with Crippen LogP contribution in [0.15, 0.2) is 12.1 Å². The number of nitrogens with zero attached hydrogens (tertiary/aromatic N) is 1. The molecule has 4 nitrogen and oxygen atoms in total. The Kier molecular flexibility index (Phi) is 5.10. The smallest absolute Gasteiger partial charge is 0.230 e. The van der Waals surface area contributed by atoms with Crippen LogP contribution >= 0.6 is 0 Å². The summed E-state index contributed by atoms with van der Waals surface area (Å²) in [6.45, 7) is 5.90. The molecule has 1 rings (SSSR count). The zero-order valence-corrected chi connectivity index (χ0v) is 12.2. The van der Waals surface area contributed by atoms with Crippen molar-refractivity contribution in [2.24, 2.45) is 0 Å². The van der Waals surface area contributed by atoms with Crippen molar-refractivity contribution in [1.82, 2.24) is 4.90 Å². The number of Topliss-reactive ketones (excluding diaryl/α,β-unsaturated/α-hetero) is 1. The van der Waals surface area contributed by atoms with Crippen molar-refractivity contribution in [2.75, 3.05) is 14.2 Å². The first-order chi connectivity index (χ1) is 8.85. The van der Waals surface area contributed by atoms with Crippen molar-refractivity contribution in [1.29, 1.82) is 0 Å². The Labute approximate surface area is 114 Å². The van der Waals surface area contributed by atoms with Gasteiger partial charge in [-0.25, -0.2) is 0 Å². The second-order valence-corrected chi connectivity index (χ2v) is 4.88. The predicted octanol–water partition coefficient (Wildman–Crippen LogP) is 2.25. The molecule has 0 fully saturated rings. The fraction of sp³-hybridized carbons (Fsp3) is 0.467. The molecule has 0 aliphatic heterocycles. The van der Waals surface area contributed by atoms with Crippen molar-refractivity contribution in [2.45, 2.75) is 33.7 Å². The number of ketones is 1. The molecule has 1 aromatic rings. The summed E-state index contributed by atoms with van der Waals surface area (Å²) in [6, 6.07) is 3.99. The number of hydrogen-bond donors (Lipinski definition) is 0. The lowest BCUT2D eigenvalue weighted by Gasteiger charge is -2.19. The molecule has 0 bridgehead atoms. The van der Waals surface area contributed by atoms with Crippen LogP contribution in [0.3, 0.4) is 0 Å². The number of carbonyl (C=O) groups excluding carboxylic acids is 2. The lowest BCUT2D eigenvalue weighted by molar-refractivity contribution is -0.134. The molecule has 0 aromatic heterocycles. The second-order valence-electron chi connectivity index (χ2n) is 4.88. The summed E-state index contributed by atoms with van der Waals surface area (Å²) in [6.07, 6.45) is -0.0519.